The van der Waals surface area contributed by atoms with E-state index in [2.05, 4.69) is 51.7 Å². The van der Waals surface area contributed by atoms with E-state index in [0.29, 0.717) is 12.5 Å². The molecule has 0 aliphatic carbocycles. The number of hydrogen-bond donors (Lipinski definition) is 2. The van der Waals surface area contributed by atoms with Gasteiger partial charge in [0.2, 0.25) is 5.91 Å². The van der Waals surface area contributed by atoms with E-state index in [1.807, 2.05) is 12.1 Å². The topological polar surface area (TPSA) is 73.1 Å². The molecule has 1 atom stereocenters. The number of halogens is 1. The highest BCUT2D eigenvalue weighted by molar-refractivity contribution is 14.0. The molecule has 8 heteroatoms. The van der Waals surface area contributed by atoms with E-state index < -0.39 is 0 Å². The average Bonchev–Trinajstić information content (AvgIpc) is 3.45. The van der Waals surface area contributed by atoms with Crippen LogP contribution in [0.3, 0.4) is 0 Å². The van der Waals surface area contributed by atoms with Crippen LogP contribution in [0.15, 0.2) is 52.1 Å². The second-order valence-corrected chi connectivity index (χ2v) is 7.86. The van der Waals surface area contributed by atoms with Crippen LogP contribution < -0.4 is 15.5 Å². The Kier molecular flexibility index (Phi) is 10.2. The summed E-state index contributed by atoms with van der Waals surface area (Å²) < 4.78 is 5.39. The van der Waals surface area contributed by atoms with E-state index in [1.165, 1.54) is 24.1 Å². The van der Waals surface area contributed by atoms with E-state index in [0.717, 1.165) is 25.3 Å². The lowest BCUT2D eigenvalue weighted by Gasteiger charge is -2.22. The van der Waals surface area contributed by atoms with E-state index in [4.69, 9.17) is 4.42 Å². The number of nitrogens with one attached hydrogen (secondary N) is 2. The molecule has 1 aliphatic heterocycles. The molecule has 0 radical (unpaired) electrons. The van der Waals surface area contributed by atoms with Crippen LogP contribution in [0.5, 0.6) is 0 Å². The number of furan rings is 1. The zero-order valence-electron chi connectivity index (χ0n) is 18.6. The molecule has 0 saturated carbocycles. The zero-order valence-corrected chi connectivity index (χ0v) is 21.0. The Balaban J connectivity index is 0.00000341. The summed E-state index contributed by atoms with van der Waals surface area (Å²) in [6.07, 6.45) is 4.94. The molecular weight excluding hydrogens is 505 g/mol. The zero-order chi connectivity index (χ0) is 21.3. The standard InChI is InChI=1S/C23H33N5O2.HI/c1-18(19-8-6-9-20(16-19)28-13-4-5-14-28)26-23(25-17-22(29)27(2)3)24-12-11-21-10-7-15-30-21;/h6-10,15-16,18H,4-5,11-14,17H2,1-3H3,(H2,24,25,26);1H. The first-order chi connectivity index (χ1) is 14.5. The lowest BCUT2D eigenvalue weighted by molar-refractivity contribution is -0.127. The molecule has 1 aliphatic rings. The summed E-state index contributed by atoms with van der Waals surface area (Å²) in [5, 5.41) is 6.76. The van der Waals surface area contributed by atoms with Gasteiger partial charge in [-0.3, -0.25) is 4.79 Å². The third-order valence-corrected chi connectivity index (χ3v) is 5.31. The van der Waals surface area contributed by atoms with Crippen molar-refractivity contribution >= 4 is 41.5 Å². The van der Waals surface area contributed by atoms with Crippen LogP contribution in [-0.4, -0.2) is 57.0 Å². The minimum Gasteiger partial charge on any atom is -0.469 e. The third-order valence-electron chi connectivity index (χ3n) is 5.31. The molecule has 0 bridgehead atoms. The molecule has 1 fully saturated rings. The van der Waals surface area contributed by atoms with Crippen molar-refractivity contribution in [2.75, 3.05) is 45.2 Å². The first kappa shape index (κ1) is 25.0. The second kappa shape index (κ2) is 12.6. The van der Waals surface area contributed by atoms with Gasteiger partial charge in [0.15, 0.2) is 5.96 Å². The molecule has 170 valence electrons. The average molecular weight is 539 g/mol. The van der Waals surface area contributed by atoms with E-state index >= 15 is 0 Å². The molecule has 2 aromatic rings. The summed E-state index contributed by atoms with van der Waals surface area (Å²) in [4.78, 5) is 20.5. The predicted molar refractivity (Wildman–Crippen MR) is 136 cm³/mol. The lowest BCUT2D eigenvalue weighted by atomic mass is 10.1. The van der Waals surface area contributed by atoms with E-state index in [9.17, 15) is 4.79 Å². The fourth-order valence-corrected chi connectivity index (χ4v) is 3.45. The number of hydrogen-bond acceptors (Lipinski definition) is 4. The molecule has 0 spiro atoms. The number of aliphatic imine (C=N–C) groups is 1. The summed E-state index contributed by atoms with van der Waals surface area (Å²) in [6, 6.07) is 12.5. The van der Waals surface area contributed by atoms with Gasteiger partial charge < -0.3 is 24.9 Å². The van der Waals surface area contributed by atoms with Crippen LogP contribution in [0.1, 0.15) is 37.1 Å². The largest absolute Gasteiger partial charge is 0.469 e. The molecule has 1 amide bonds. The summed E-state index contributed by atoms with van der Waals surface area (Å²) in [7, 11) is 3.48. The van der Waals surface area contributed by atoms with Crippen molar-refractivity contribution in [1.82, 2.24) is 15.5 Å². The molecule has 1 unspecified atom stereocenters. The number of rotatable bonds is 8. The minimum absolute atomic E-state index is 0. The van der Waals surface area contributed by atoms with Gasteiger partial charge in [0.1, 0.15) is 12.3 Å². The molecule has 31 heavy (non-hydrogen) atoms. The summed E-state index contributed by atoms with van der Waals surface area (Å²) >= 11 is 0. The Morgan fingerprint density at radius 2 is 2.00 bits per heavy atom. The van der Waals surface area contributed by atoms with Gasteiger partial charge in [-0.2, -0.15) is 0 Å². The first-order valence-electron chi connectivity index (χ1n) is 10.6. The molecule has 1 aromatic carbocycles. The normalized spacial score (nSPS) is 14.7. The lowest BCUT2D eigenvalue weighted by Crippen LogP contribution is -2.40. The number of carbonyl (C=O) groups excluding carboxylic acids is 1. The Morgan fingerprint density at radius 3 is 2.68 bits per heavy atom. The maximum absolute atomic E-state index is 12.0. The number of likely N-dealkylation sites (N-methyl/N-ethyl adjacent to an activating group) is 1. The van der Waals surface area contributed by atoms with Crippen LogP contribution in [0.25, 0.3) is 0 Å². The maximum Gasteiger partial charge on any atom is 0.243 e. The number of amides is 1. The van der Waals surface area contributed by atoms with Gasteiger partial charge in [-0.15, -0.1) is 24.0 Å². The molecule has 7 nitrogen and oxygen atoms in total. The Labute approximate surface area is 202 Å². The number of nitrogens with zero attached hydrogens (tertiary/aromatic N) is 3. The van der Waals surface area contributed by atoms with Gasteiger partial charge in [-0.1, -0.05) is 12.1 Å². The first-order valence-corrected chi connectivity index (χ1v) is 10.6. The quantitative estimate of drug-likeness (QED) is 0.306. The highest BCUT2D eigenvalue weighted by Gasteiger charge is 2.15. The van der Waals surface area contributed by atoms with Gasteiger partial charge in [-0.05, 0) is 49.6 Å². The Bertz CT molecular complexity index is 832. The predicted octanol–water partition coefficient (Wildman–Crippen LogP) is 3.42. The van der Waals surface area contributed by atoms with Crippen LogP contribution in [-0.2, 0) is 11.2 Å². The number of guanidine groups is 1. The van der Waals surface area contributed by atoms with Crippen molar-refractivity contribution in [2.45, 2.75) is 32.2 Å². The third kappa shape index (κ3) is 7.75. The molecule has 2 N–H and O–H groups in total. The van der Waals surface area contributed by atoms with Crippen molar-refractivity contribution in [3.8, 4) is 0 Å². The van der Waals surface area contributed by atoms with Crippen LogP contribution in [0, 0.1) is 0 Å². The number of benzene rings is 1. The van der Waals surface area contributed by atoms with Crippen molar-refractivity contribution in [1.29, 1.82) is 0 Å². The number of anilines is 1. The van der Waals surface area contributed by atoms with E-state index in [1.54, 1.807) is 25.3 Å². The molecular formula is C23H34IN5O2. The van der Waals surface area contributed by atoms with Crippen LogP contribution in [0.4, 0.5) is 5.69 Å². The molecule has 3 rings (SSSR count). The second-order valence-electron chi connectivity index (χ2n) is 7.86. The maximum atomic E-state index is 12.0. The minimum atomic E-state index is -0.0363. The summed E-state index contributed by atoms with van der Waals surface area (Å²) in [5.74, 6) is 1.50. The fraction of sp³-hybridized carbons (Fsp3) is 0.478. The van der Waals surface area contributed by atoms with E-state index in [-0.39, 0.29) is 42.5 Å². The molecule has 1 saturated heterocycles. The number of carbonyl (C=O) groups is 1. The monoisotopic (exact) mass is 539 g/mol. The van der Waals surface area contributed by atoms with Crippen molar-refractivity contribution in [3.63, 3.8) is 0 Å². The Hall–Kier alpha value is -2.23. The van der Waals surface area contributed by atoms with Gasteiger partial charge in [-0.25, -0.2) is 4.99 Å². The fourth-order valence-electron chi connectivity index (χ4n) is 3.45. The van der Waals surface area contributed by atoms with Crippen LogP contribution >= 0.6 is 24.0 Å². The highest BCUT2D eigenvalue weighted by Crippen LogP contribution is 2.23. The van der Waals surface area contributed by atoms with Crippen molar-refractivity contribution < 1.29 is 9.21 Å². The summed E-state index contributed by atoms with van der Waals surface area (Å²) in [6.45, 7) is 5.12. The smallest absolute Gasteiger partial charge is 0.243 e. The van der Waals surface area contributed by atoms with Crippen molar-refractivity contribution in [3.05, 3.63) is 54.0 Å². The van der Waals surface area contributed by atoms with Crippen LogP contribution in [0.2, 0.25) is 0 Å². The van der Waals surface area contributed by atoms with Gasteiger partial charge in [0, 0.05) is 45.8 Å². The van der Waals surface area contributed by atoms with Crippen molar-refractivity contribution in [2.24, 2.45) is 4.99 Å². The SMILES string of the molecule is CC(NC(=NCC(=O)N(C)C)NCCc1ccco1)c1cccc(N2CCCC2)c1.I. The van der Waals surface area contributed by atoms with Gasteiger partial charge >= 0.3 is 0 Å². The van der Waals surface area contributed by atoms with Gasteiger partial charge in [0.25, 0.3) is 0 Å². The molecule has 1 aromatic heterocycles. The highest BCUT2D eigenvalue weighted by atomic mass is 127. The summed E-state index contributed by atoms with van der Waals surface area (Å²) in [5.41, 5.74) is 2.46. The molecule has 2 heterocycles. The Morgan fingerprint density at radius 1 is 1.23 bits per heavy atom. The van der Waals surface area contributed by atoms with Gasteiger partial charge in [0.05, 0.1) is 12.3 Å².